The van der Waals surface area contributed by atoms with Crippen molar-refractivity contribution in [3.8, 4) is 5.69 Å². The number of aromatic amines is 1. The Morgan fingerprint density at radius 1 is 0.943 bits per heavy atom. The van der Waals surface area contributed by atoms with Crippen LogP contribution in [-0.4, -0.2) is 38.1 Å². The minimum atomic E-state index is -0.302. The number of hydrogen-bond acceptors (Lipinski definition) is 5. The van der Waals surface area contributed by atoms with E-state index in [0.29, 0.717) is 11.3 Å². The number of carbonyl (C=O) groups is 2. The molecular weight excluding hydrogens is 460 g/mol. The molecule has 0 saturated heterocycles. The van der Waals surface area contributed by atoms with Crippen LogP contribution in [0.15, 0.2) is 96.4 Å². The second-order valence-electron chi connectivity index (χ2n) is 7.77. The summed E-state index contributed by atoms with van der Waals surface area (Å²) in [5, 5.41) is 10.5. The summed E-state index contributed by atoms with van der Waals surface area (Å²) in [6.45, 7) is -0.122. The summed E-state index contributed by atoms with van der Waals surface area (Å²) >= 11 is 1.60. The number of rotatable bonds is 8. The molecule has 0 bridgehead atoms. The van der Waals surface area contributed by atoms with Crippen molar-refractivity contribution in [3.05, 3.63) is 102 Å². The van der Waals surface area contributed by atoms with Gasteiger partial charge in [-0.15, -0.1) is 0 Å². The standard InChI is InChI=1S/C26H22N6O2S/c33-24(29-20-10-12-21(13-11-20)32-15-3-14-28-32)16-27-25(34)19-8-6-18(7-9-19)17-35-26-30-22-4-1-2-5-23(22)31-26/h1-15H,16-17H2,(H,27,34)(H,29,33)(H,30,31). The average Bonchev–Trinajstić information content (AvgIpc) is 3.57. The molecule has 5 rings (SSSR count). The van der Waals surface area contributed by atoms with E-state index in [1.165, 1.54) is 0 Å². The lowest BCUT2D eigenvalue weighted by molar-refractivity contribution is -0.115. The molecule has 0 aliphatic rings. The van der Waals surface area contributed by atoms with Gasteiger partial charge in [0.25, 0.3) is 5.91 Å². The topological polar surface area (TPSA) is 105 Å². The van der Waals surface area contributed by atoms with E-state index in [9.17, 15) is 9.59 Å². The number of para-hydroxylation sites is 2. The van der Waals surface area contributed by atoms with Crippen molar-refractivity contribution in [1.82, 2.24) is 25.1 Å². The molecule has 0 unspecified atom stereocenters. The average molecular weight is 483 g/mol. The molecule has 174 valence electrons. The number of carbonyl (C=O) groups excluding carboxylic acids is 2. The van der Waals surface area contributed by atoms with Crippen LogP contribution in [0.1, 0.15) is 15.9 Å². The van der Waals surface area contributed by atoms with Gasteiger partial charge in [0.15, 0.2) is 5.16 Å². The van der Waals surface area contributed by atoms with E-state index in [0.717, 1.165) is 33.2 Å². The summed E-state index contributed by atoms with van der Waals surface area (Å²) in [5.41, 5.74) is 5.06. The molecule has 0 fully saturated rings. The van der Waals surface area contributed by atoms with Gasteiger partial charge in [0, 0.05) is 29.4 Å². The molecule has 2 aromatic heterocycles. The van der Waals surface area contributed by atoms with Gasteiger partial charge in [0.2, 0.25) is 5.91 Å². The van der Waals surface area contributed by atoms with Gasteiger partial charge in [-0.25, -0.2) is 9.67 Å². The Hall–Kier alpha value is -4.37. The van der Waals surface area contributed by atoms with Gasteiger partial charge in [-0.2, -0.15) is 5.10 Å². The first-order valence-corrected chi connectivity index (χ1v) is 12.0. The van der Waals surface area contributed by atoms with Gasteiger partial charge in [0.05, 0.1) is 23.3 Å². The second-order valence-corrected chi connectivity index (χ2v) is 8.74. The summed E-state index contributed by atoms with van der Waals surface area (Å²) in [7, 11) is 0. The molecule has 0 aliphatic heterocycles. The van der Waals surface area contributed by atoms with Crippen LogP contribution < -0.4 is 10.6 Å². The summed E-state index contributed by atoms with van der Waals surface area (Å²) in [6.07, 6.45) is 3.54. The quantitative estimate of drug-likeness (QED) is 0.284. The van der Waals surface area contributed by atoms with Gasteiger partial charge < -0.3 is 15.6 Å². The molecule has 3 aromatic carbocycles. The van der Waals surface area contributed by atoms with Crippen molar-refractivity contribution in [1.29, 1.82) is 0 Å². The van der Waals surface area contributed by atoms with Crippen molar-refractivity contribution in [2.24, 2.45) is 0 Å². The largest absolute Gasteiger partial charge is 0.343 e. The zero-order valence-electron chi connectivity index (χ0n) is 18.6. The third kappa shape index (κ3) is 5.59. The van der Waals surface area contributed by atoms with Crippen LogP contribution in [0.4, 0.5) is 5.69 Å². The van der Waals surface area contributed by atoms with Gasteiger partial charge in [-0.3, -0.25) is 9.59 Å². The molecule has 3 N–H and O–H groups in total. The van der Waals surface area contributed by atoms with Crippen molar-refractivity contribution in [2.45, 2.75) is 10.9 Å². The fraction of sp³-hybridized carbons (Fsp3) is 0.0769. The maximum Gasteiger partial charge on any atom is 0.251 e. The van der Waals surface area contributed by atoms with Crippen molar-refractivity contribution in [2.75, 3.05) is 11.9 Å². The number of thioether (sulfide) groups is 1. The highest BCUT2D eigenvalue weighted by Gasteiger charge is 2.09. The molecule has 0 spiro atoms. The zero-order valence-corrected chi connectivity index (χ0v) is 19.5. The fourth-order valence-corrected chi connectivity index (χ4v) is 4.33. The van der Waals surface area contributed by atoms with E-state index in [1.54, 1.807) is 46.9 Å². The number of aromatic nitrogens is 4. The number of fused-ring (bicyclic) bond motifs is 1. The lowest BCUT2D eigenvalue weighted by Crippen LogP contribution is -2.32. The first-order chi connectivity index (χ1) is 17.1. The minimum Gasteiger partial charge on any atom is -0.343 e. The number of nitrogens with one attached hydrogen (secondary N) is 3. The van der Waals surface area contributed by atoms with Crippen LogP contribution in [0.25, 0.3) is 16.7 Å². The van der Waals surface area contributed by atoms with E-state index in [-0.39, 0.29) is 18.4 Å². The predicted octanol–water partition coefficient (Wildman–Crippen LogP) is 4.41. The molecule has 0 aliphatic carbocycles. The van der Waals surface area contributed by atoms with E-state index in [1.807, 2.05) is 60.8 Å². The molecule has 5 aromatic rings. The summed E-state index contributed by atoms with van der Waals surface area (Å²) < 4.78 is 1.73. The van der Waals surface area contributed by atoms with Gasteiger partial charge in [0.1, 0.15) is 0 Å². The normalized spacial score (nSPS) is 10.9. The van der Waals surface area contributed by atoms with Crippen LogP contribution in [0, 0.1) is 0 Å². The molecule has 0 saturated carbocycles. The second kappa shape index (κ2) is 10.3. The first kappa shape index (κ1) is 22.4. The van der Waals surface area contributed by atoms with E-state index >= 15 is 0 Å². The molecule has 2 amide bonds. The van der Waals surface area contributed by atoms with Crippen molar-refractivity contribution >= 4 is 40.3 Å². The molecule has 9 heteroatoms. The fourth-order valence-electron chi connectivity index (χ4n) is 3.49. The predicted molar refractivity (Wildman–Crippen MR) is 137 cm³/mol. The Kier molecular flexibility index (Phi) is 6.58. The number of H-pyrrole nitrogens is 1. The van der Waals surface area contributed by atoms with Crippen molar-refractivity contribution in [3.63, 3.8) is 0 Å². The summed E-state index contributed by atoms with van der Waals surface area (Å²) in [4.78, 5) is 32.5. The third-order valence-electron chi connectivity index (χ3n) is 5.29. The Bertz CT molecular complexity index is 1410. The van der Waals surface area contributed by atoms with Gasteiger partial charge in [-0.05, 0) is 60.2 Å². The Labute approximate surface area is 205 Å². The highest BCUT2D eigenvalue weighted by Crippen LogP contribution is 2.23. The van der Waals surface area contributed by atoms with Crippen LogP contribution in [0.3, 0.4) is 0 Å². The van der Waals surface area contributed by atoms with Gasteiger partial charge in [-0.1, -0.05) is 36.0 Å². The number of amides is 2. The highest BCUT2D eigenvalue weighted by molar-refractivity contribution is 7.98. The SMILES string of the molecule is O=C(CNC(=O)c1ccc(CSc2nc3ccccc3[nH]2)cc1)Nc1ccc(-n2cccn2)cc1. The number of benzene rings is 3. The summed E-state index contributed by atoms with van der Waals surface area (Å²) in [5.74, 6) is 0.123. The van der Waals surface area contributed by atoms with Crippen molar-refractivity contribution < 1.29 is 9.59 Å². The maximum absolute atomic E-state index is 12.4. The number of hydrogen-bond donors (Lipinski definition) is 3. The molecule has 0 atom stereocenters. The monoisotopic (exact) mass is 482 g/mol. The number of imidazole rings is 1. The first-order valence-electron chi connectivity index (χ1n) is 11.0. The molecule has 2 heterocycles. The molecule has 8 nitrogen and oxygen atoms in total. The molecule has 0 radical (unpaired) electrons. The van der Waals surface area contributed by atoms with Crippen LogP contribution in [0.2, 0.25) is 0 Å². The van der Waals surface area contributed by atoms with E-state index < -0.39 is 0 Å². The minimum absolute atomic E-state index is 0.122. The number of anilines is 1. The molecule has 35 heavy (non-hydrogen) atoms. The van der Waals surface area contributed by atoms with Crippen LogP contribution in [0.5, 0.6) is 0 Å². The Balaban J connectivity index is 1.09. The van der Waals surface area contributed by atoms with Crippen LogP contribution >= 0.6 is 11.8 Å². The zero-order chi connectivity index (χ0) is 24.0. The van der Waals surface area contributed by atoms with E-state index in [2.05, 4.69) is 25.7 Å². The summed E-state index contributed by atoms with van der Waals surface area (Å²) in [6, 6.07) is 24.4. The smallest absolute Gasteiger partial charge is 0.251 e. The number of nitrogens with zero attached hydrogens (tertiary/aromatic N) is 3. The third-order valence-corrected chi connectivity index (χ3v) is 6.23. The Morgan fingerprint density at radius 2 is 1.74 bits per heavy atom. The lowest BCUT2D eigenvalue weighted by Gasteiger charge is -2.08. The van der Waals surface area contributed by atoms with E-state index in [4.69, 9.17) is 0 Å². The highest BCUT2D eigenvalue weighted by atomic mass is 32.2. The molecular formula is C26H22N6O2S. The Morgan fingerprint density at radius 3 is 2.49 bits per heavy atom. The lowest BCUT2D eigenvalue weighted by atomic mass is 10.1. The van der Waals surface area contributed by atoms with Crippen LogP contribution in [-0.2, 0) is 10.5 Å². The maximum atomic E-state index is 12.4. The van der Waals surface area contributed by atoms with Gasteiger partial charge >= 0.3 is 0 Å².